The maximum absolute atomic E-state index is 11.8. The van der Waals surface area contributed by atoms with Crippen molar-refractivity contribution in [3.8, 4) is 0 Å². The van der Waals surface area contributed by atoms with Crippen LogP contribution in [0.4, 0.5) is 0 Å². The fourth-order valence-corrected chi connectivity index (χ4v) is 3.28. The summed E-state index contributed by atoms with van der Waals surface area (Å²) in [5.74, 6) is -0.415. The molecular formula is C16H17BrN2O2S. The van der Waals surface area contributed by atoms with Crippen LogP contribution < -0.4 is 10.6 Å². The first kappa shape index (κ1) is 16.7. The van der Waals surface area contributed by atoms with Crippen molar-refractivity contribution < 1.29 is 9.59 Å². The molecule has 0 saturated carbocycles. The van der Waals surface area contributed by atoms with Gasteiger partial charge in [0.25, 0.3) is 5.91 Å². The summed E-state index contributed by atoms with van der Waals surface area (Å²) in [6.07, 6.45) is 0.782. The van der Waals surface area contributed by atoms with E-state index in [9.17, 15) is 9.59 Å². The van der Waals surface area contributed by atoms with Gasteiger partial charge in [0.2, 0.25) is 5.91 Å². The molecule has 2 aromatic rings. The van der Waals surface area contributed by atoms with E-state index in [1.165, 1.54) is 22.5 Å². The molecule has 0 aliphatic rings. The lowest BCUT2D eigenvalue weighted by molar-refractivity contribution is -0.120. The summed E-state index contributed by atoms with van der Waals surface area (Å²) >= 11 is 4.64. The third-order valence-corrected chi connectivity index (χ3v) is 4.81. The molecule has 2 amide bonds. The molecule has 0 fully saturated rings. The number of thiophene rings is 1. The Kier molecular flexibility index (Phi) is 6.15. The summed E-state index contributed by atoms with van der Waals surface area (Å²) in [6.45, 7) is 2.60. The Morgan fingerprint density at radius 1 is 1.14 bits per heavy atom. The average Bonchev–Trinajstić information content (AvgIpc) is 2.93. The van der Waals surface area contributed by atoms with Gasteiger partial charge in [0.05, 0.1) is 15.2 Å². The summed E-state index contributed by atoms with van der Waals surface area (Å²) in [4.78, 5) is 24.1. The molecule has 0 aliphatic carbocycles. The van der Waals surface area contributed by atoms with Crippen LogP contribution in [0.3, 0.4) is 0 Å². The number of halogens is 1. The first-order valence-electron chi connectivity index (χ1n) is 6.91. The Morgan fingerprint density at radius 3 is 2.59 bits per heavy atom. The lowest BCUT2D eigenvalue weighted by atomic mass is 10.1. The van der Waals surface area contributed by atoms with Crippen LogP contribution in [-0.2, 0) is 11.2 Å². The Labute approximate surface area is 142 Å². The first-order valence-corrected chi connectivity index (χ1v) is 8.52. The second kappa shape index (κ2) is 8.10. The minimum Gasteiger partial charge on any atom is -0.354 e. The molecule has 0 radical (unpaired) electrons. The largest absolute Gasteiger partial charge is 0.354 e. The van der Waals surface area contributed by atoms with Crippen LogP contribution in [0, 0.1) is 6.92 Å². The van der Waals surface area contributed by atoms with E-state index in [2.05, 4.69) is 45.6 Å². The number of amides is 2. The van der Waals surface area contributed by atoms with E-state index in [1.807, 2.05) is 18.2 Å². The van der Waals surface area contributed by atoms with Gasteiger partial charge in [-0.1, -0.05) is 24.3 Å². The molecule has 0 bridgehead atoms. The van der Waals surface area contributed by atoms with Crippen LogP contribution in [0.15, 0.2) is 40.2 Å². The predicted molar refractivity (Wildman–Crippen MR) is 92.2 cm³/mol. The highest BCUT2D eigenvalue weighted by Crippen LogP contribution is 2.21. The fourth-order valence-electron chi connectivity index (χ4n) is 1.97. The van der Waals surface area contributed by atoms with Gasteiger partial charge in [-0.3, -0.25) is 9.59 Å². The zero-order valence-electron chi connectivity index (χ0n) is 12.2. The smallest absolute Gasteiger partial charge is 0.261 e. The molecule has 6 heteroatoms. The third-order valence-electron chi connectivity index (χ3n) is 3.18. The van der Waals surface area contributed by atoms with E-state index in [1.54, 1.807) is 6.07 Å². The van der Waals surface area contributed by atoms with E-state index in [4.69, 9.17) is 0 Å². The topological polar surface area (TPSA) is 58.2 Å². The van der Waals surface area contributed by atoms with Crippen LogP contribution in [0.5, 0.6) is 0 Å². The molecule has 1 aromatic heterocycles. The number of hydrogen-bond donors (Lipinski definition) is 2. The van der Waals surface area contributed by atoms with Crippen molar-refractivity contribution >= 4 is 39.1 Å². The SMILES string of the molecule is Cc1ccccc1CCNC(=O)CNC(=O)c1ccc(Br)s1. The quantitative estimate of drug-likeness (QED) is 0.809. The van der Waals surface area contributed by atoms with Crippen LogP contribution in [0.2, 0.25) is 0 Å². The van der Waals surface area contributed by atoms with Crippen molar-refractivity contribution in [1.82, 2.24) is 10.6 Å². The molecule has 0 aliphatic heterocycles. The first-order chi connectivity index (χ1) is 10.6. The van der Waals surface area contributed by atoms with Gasteiger partial charge in [-0.25, -0.2) is 0 Å². The molecule has 2 N–H and O–H groups in total. The lowest BCUT2D eigenvalue weighted by Crippen LogP contribution is -2.37. The predicted octanol–water partition coefficient (Wildman–Crippen LogP) is 2.91. The normalized spacial score (nSPS) is 10.3. The summed E-state index contributed by atoms with van der Waals surface area (Å²) in [6, 6.07) is 11.6. The van der Waals surface area contributed by atoms with Crippen molar-refractivity contribution in [2.24, 2.45) is 0 Å². The van der Waals surface area contributed by atoms with Gasteiger partial charge in [-0.05, 0) is 52.5 Å². The summed E-state index contributed by atoms with van der Waals surface area (Å²) in [7, 11) is 0. The molecule has 1 aromatic carbocycles. The molecule has 22 heavy (non-hydrogen) atoms. The number of rotatable bonds is 6. The summed E-state index contributed by atoms with van der Waals surface area (Å²) in [5.41, 5.74) is 2.43. The fraction of sp³-hybridized carbons (Fsp3) is 0.250. The van der Waals surface area contributed by atoms with Crippen molar-refractivity contribution in [3.05, 3.63) is 56.2 Å². The van der Waals surface area contributed by atoms with Gasteiger partial charge in [0.15, 0.2) is 0 Å². The number of hydrogen-bond acceptors (Lipinski definition) is 3. The van der Waals surface area contributed by atoms with Crippen molar-refractivity contribution in [1.29, 1.82) is 0 Å². The van der Waals surface area contributed by atoms with Crippen LogP contribution in [0.1, 0.15) is 20.8 Å². The maximum Gasteiger partial charge on any atom is 0.261 e. The molecule has 0 saturated heterocycles. The van der Waals surface area contributed by atoms with Crippen LogP contribution >= 0.6 is 27.3 Å². The second-order valence-electron chi connectivity index (χ2n) is 4.81. The third kappa shape index (κ3) is 4.96. The minimum atomic E-state index is -0.232. The molecule has 4 nitrogen and oxygen atoms in total. The Balaban J connectivity index is 1.70. The van der Waals surface area contributed by atoms with Crippen molar-refractivity contribution in [3.63, 3.8) is 0 Å². The zero-order chi connectivity index (χ0) is 15.9. The molecule has 0 atom stereocenters. The highest BCUT2D eigenvalue weighted by Gasteiger charge is 2.10. The van der Waals surface area contributed by atoms with Crippen molar-refractivity contribution in [2.45, 2.75) is 13.3 Å². The van der Waals surface area contributed by atoms with E-state index < -0.39 is 0 Å². The minimum absolute atomic E-state index is 0.0118. The monoisotopic (exact) mass is 380 g/mol. The van der Waals surface area contributed by atoms with Gasteiger partial charge in [0, 0.05) is 6.54 Å². The summed E-state index contributed by atoms with van der Waals surface area (Å²) < 4.78 is 0.889. The van der Waals surface area contributed by atoms with Crippen LogP contribution in [0.25, 0.3) is 0 Å². The van der Waals surface area contributed by atoms with E-state index >= 15 is 0 Å². The lowest BCUT2D eigenvalue weighted by Gasteiger charge is -2.08. The summed E-state index contributed by atoms with van der Waals surface area (Å²) in [5, 5.41) is 5.42. The molecule has 116 valence electrons. The number of carbonyl (C=O) groups is 2. The van der Waals surface area contributed by atoms with Crippen molar-refractivity contribution in [2.75, 3.05) is 13.1 Å². The van der Waals surface area contributed by atoms with E-state index in [-0.39, 0.29) is 18.4 Å². The highest BCUT2D eigenvalue weighted by atomic mass is 79.9. The maximum atomic E-state index is 11.8. The molecule has 1 heterocycles. The number of carbonyl (C=O) groups excluding carboxylic acids is 2. The molecule has 0 unspecified atom stereocenters. The van der Waals surface area contributed by atoms with Gasteiger partial charge in [0.1, 0.15) is 0 Å². The number of benzene rings is 1. The highest BCUT2D eigenvalue weighted by molar-refractivity contribution is 9.11. The van der Waals surface area contributed by atoms with Crippen LogP contribution in [-0.4, -0.2) is 24.9 Å². The Bertz CT molecular complexity index is 670. The molecule has 0 spiro atoms. The molecular weight excluding hydrogens is 364 g/mol. The second-order valence-corrected chi connectivity index (χ2v) is 7.28. The number of nitrogens with one attached hydrogen (secondary N) is 2. The number of aryl methyl sites for hydroxylation is 1. The van der Waals surface area contributed by atoms with E-state index in [0.29, 0.717) is 11.4 Å². The Hall–Kier alpha value is -1.66. The van der Waals surface area contributed by atoms with Gasteiger partial charge in [-0.15, -0.1) is 11.3 Å². The van der Waals surface area contributed by atoms with Gasteiger partial charge in [-0.2, -0.15) is 0 Å². The average molecular weight is 381 g/mol. The zero-order valence-corrected chi connectivity index (χ0v) is 14.6. The standard InChI is InChI=1S/C16H17BrN2O2S/c1-11-4-2-3-5-12(11)8-9-18-15(20)10-19-16(21)13-6-7-14(17)22-13/h2-7H,8-10H2,1H3,(H,18,20)(H,19,21). The van der Waals surface area contributed by atoms with Gasteiger partial charge >= 0.3 is 0 Å². The van der Waals surface area contributed by atoms with Gasteiger partial charge < -0.3 is 10.6 Å². The molecule has 2 rings (SSSR count). The Morgan fingerprint density at radius 2 is 1.91 bits per heavy atom. The van der Waals surface area contributed by atoms with E-state index in [0.717, 1.165) is 10.2 Å².